The lowest BCUT2D eigenvalue weighted by Crippen LogP contribution is -2.44. The highest BCUT2D eigenvalue weighted by Gasteiger charge is 2.28. The number of nitrogens with two attached hydrogens (primary N) is 3. The van der Waals surface area contributed by atoms with E-state index in [1.807, 2.05) is 20.8 Å². The van der Waals surface area contributed by atoms with Gasteiger partial charge in [-0.25, -0.2) is 14.2 Å². The Morgan fingerprint density at radius 3 is 2.43 bits per heavy atom. The van der Waals surface area contributed by atoms with Crippen molar-refractivity contribution in [3.8, 4) is 5.75 Å². The quantitative estimate of drug-likeness (QED) is 0.527. The van der Waals surface area contributed by atoms with Gasteiger partial charge in [0.2, 0.25) is 5.96 Å². The number of hydrogen-bond donors (Lipinski definition) is 3. The van der Waals surface area contributed by atoms with Gasteiger partial charge in [0, 0.05) is 25.9 Å². The first-order valence-electron chi connectivity index (χ1n) is 8.92. The molecule has 1 amide bonds. The molecule has 6 N–H and O–H groups in total. The number of carbonyl (C=O) groups excluding carboxylic acids is 1. The summed E-state index contributed by atoms with van der Waals surface area (Å²) in [6, 6.07) is 4.33. The molecular formula is C18H27FN6O3. The maximum atomic E-state index is 14.2. The number of amides is 1. The van der Waals surface area contributed by atoms with Gasteiger partial charge in [-0.15, -0.1) is 0 Å². The molecule has 1 saturated heterocycles. The number of guanidine groups is 2. The zero-order valence-corrected chi connectivity index (χ0v) is 16.3. The Labute approximate surface area is 163 Å². The highest BCUT2D eigenvalue weighted by atomic mass is 19.1. The van der Waals surface area contributed by atoms with Crippen LogP contribution in [0.5, 0.6) is 5.75 Å². The monoisotopic (exact) mass is 394 g/mol. The molecule has 0 aliphatic carbocycles. The van der Waals surface area contributed by atoms with Gasteiger partial charge < -0.3 is 31.6 Å². The Balaban J connectivity index is 2.05. The van der Waals surface area contributed by atoms with Crippen molar-refractivity contribution in [2.45, 2.75) is 45.3 Å². The maximum Gasteiger partial charge on any atom is 0.410 e. The van der Waals surface area contributed by atoms with Crippen molar-refractivity contribution >= 4 is 23.7 Å². The van der Waals surface area contributed by atoms with Crippen molar-refractivity contribution < 1.29 is 18.7 Å². The topological polar surface area (TPSA) is 142 Å². The first-order chi connectivity index (χ1) is 13.0. The largest absolute Gasteiger partial charge is 0.488 e. The molecular weight excluding hydrogens is 367 g/mol. The molecule has 10 heteroatoms. The molecule has 0 bridgehead atoms. The van der Waals surface area contributed by atoms with Gasteiger partial charge in [-0.1, -0.05) is 6.07 Å². The number of para-hydroxylation sites is 1. The number of aliphatic imine (C=N–C) groups is 2. The van der Waals surface area contributed by atoms with E-state index >= 15 is 0 Å². The number of piperidine rings is 1. The Kier molecular flexibility index (Phi) is 6.66. The molecule has 1 aliphatic rings. The Bertz CT molecular complexity index is 763. The van der Waals surface area contributed by atoms with Crippen LogP contribution >= 0.6 is 0 Å². The number of nitrogens with zero attached hydrogens (tertiary/aromatic N) is 3. The van der Waals surface area contributed by atoms with Crippen molar-refractivity contribution in [2.24, 2.45) is 27.2 Å². The van der Waals surface area contributed by atoms with Crippen LogP contribution in [0.2, 0.25) is 0 Å². The van der Waals surface area contributed by atoms with Crippen molar-refractivity contribution in [3.63, 3.8) is 0 Å². The van der Waals surface area contributed by atoms with Crippen LogP contribution in [0.4, 0.5) is 14.9 Å². The molecule has 2 rings (SSSR count). The van der Waals surface area contributed by atoms with Gasteiger partial charge >= 0.3 is 6.09 Å². The highest BCUT2D eigenvalue weighted by Crippen LogP contribution is 2.32. The smallest absolute Gasteiger partial charge is 0.410 e. The number of carbonyl (C=O) groups is 1. The minimum Gasteiger partial charge on any atom is -0.488 e. The van der Waals surface area contributed by atoms with Crippen LogP contribution in [-0.2, 0) is 4.74 Å². The zero-order valence-electron chi connectivity index (χ0n) is 16.3. The third kappa shape index (κ3) is 6.29. The standard InChI is InChI=1S/C18H27FN6O3/c1-18(2,3)28-17(26)25-9-7-11(8-10-25)27-13-6-4-5-12(19)14(13)23-16(22)24-15(20)21/h4-6,11H,7-10H2,1-3H3,(H6,20,21,22,23,24). The van der Waals surface area contributed by atoms with E-state index in [4.69, 9.17) is 26.7 Å². The van der Waals surface area contributed by atoms with Crippen molar-refractivity contribution in [3.05, 3.63) is 24.0 Å². The maximum absolute atomic E-state index is 14.2. The van der Waals surface area contributed by atoms with Gasteiger partial charge in [0.25, 0.3) is 0 Å². The minimum absolute atomic E-state index is 0.0837. The molecule has 0 saturated carbocycles. The summed E-state index contributed by atoms with van der Waals surface area (Å²) in [7, 11) is 0. The Morgan fingerprint density at radius 2 is 1.86 bits per heavy atom. The van der Waals surface area contributed by atoms with Crippen LogP contribution in [0, 0.1) is 5.82 Å². The molecule has 1 aromatic carbocycles. The van der Waals surface area contributed by atoms with Gasteiger partial charge in [-0.3, -0.25) is 0 Å². The highest BCUT2D eigenvalue weighted by molar-refractivity contribution is 5.93. The number of ether oxygens (including phenoxy) is 2. The average molecular weight is 394 g/mol. The Hall–Kier alpha value is -3.04. The predicted octanol–water partition coefficient (Wildman–Crippen LogP) is 1.82. The van der Waals surface area contributed by atoms with Crippen LogP contribution in [-0.4, -0.2) is 47.7 Å². The Morgan fingerprint density at radius 1 is 1.21 bits per heavy atom. The number of rotatable bonds is 3. The molecule has 0 unspecified atom stereocenters. The molecule has 28 heavy (non-hydrogen) atoms. The lowest BCUT2D eigenvalue weighted by atomic mass is 10.1. The number of likely N-dealkylation sites (tertiary alicyclic amines) is 1. The molecule has 0 radical (unpaired) electrons. The van der Waals surface area contributed by atoms with Crippen LogP contribution in [0.3, 0.4) is 0 Å². The van der Waals surface area contributed by atoms with E-state index in [2.05, 4.69) is 9.98 Å². The number of benzene rings is 1. The van der Waals surface area contributed by atoms with E-state index in [1.54, 1.807) is 11.0 Å². The van der Waals surface area contributed by atoms with Crippen LogP contribution in [0.1, 0.15) is 33.6 Å². The zero-order chi connectivity index (χ0) is 20.9. The third-order valence-electron chi connectivity index (χ3n) is 3.81. The first kappa shape index (κ1) is 21.3. The molecule has 1 heterocycles. The number of hydrogen-bond acceptors (Lipinski definition) is 4. The SMILES string of the molecule is CC(C)(C)OC(=O)N1CCC(Oc2cccc(F)c2N=C(N)N=C(N)N)CC1. The van der Waals surface area contributed by atoms with E-state index in [0.29, 0.717) is 25.9 Å². The van der Waals surface area contributed by atoms with E-state index in [-0.39, 0.29) is 35.6 Å². The summed E-state index contributed by atoms with van der Waals surface area (Å²) in [6.45, 7) is 6.41. The molecule has 0 atom stereocenters. The van der Waals surface area contributed by atoms with Crippen LogP contribution in [0.25, 0.3) is 0 Å². The fraction of sp³-hybridized carbons (Fsp3) is 0.500. The summed E-state index contributed by atoms with van der Waals surface area (Å²) in [5, 5.41) is 0. The van der Waals surface area contributed by atoms with Gasteiger partial charge in [0.1, 0.15) is 23.1 Å². The summed E-state index contributed by atoms with van der Waals surface area (Å²) in [4.78, 5) is 21.3. The van der Waals surface area contributed by atoms with Crippen LogP contribution < -0.4 is 21.9 Å². The summed E-state index contributed by atoms with van der Waals surface area (Å²) < 4.78 is 25.5. The third-order valence-corrected chi connectivity index (χ3v) is 3.81. The lowest BCUT2D eigenvalue weighted by Gasteiger charge is -2.33. The van der Waals surface area contributed by atoms with E-state index in [1.165, 1.54) is 12.1 Å². The second-order valence-corrected chi connectivity index (χ2v) is 7.38. The van der Waals surface area contributed by atoms with E-state index in [0.717, 1.165) is 0 Å². The normalized spacial score (nSPS) is 15.9. The average Bonchev–Trinajstić information content (AvgIpc) is 2.56. The molecule has 1 aromatic rings. The summed E-state index contributed by atoms with van der Waals surface area (Å²) >= 11 is 0. The van der Waals surface area contributed by atoms with Crippen molar-refractivity contribution in [1.29, 1.82) is 0 Å². The predicted molar refractivity (Wildman–Crippen MR) is 105 cm³/mol. The van der Waals surface area contributed by atoms with Crippen molar-refractivity contribution in [1.82, 2.24) is 4.90 Å². The summed E-state index contributed by atoms with van der Waals surface area (Å²) in [5.41, 5.74) is 15.5. The number of halogens is 1. The van der Waals surface area contributed by atoms with Gasteiger partial charge in [0.05, 0.1) is 0 Å². The van der Waals surface area contributed by atoms with Crippen LogP contribution in [0.15, 0.2) is 28.2 Å². The molecule has 0 aromatic heterocycles. The molecule has 0 spiro atoms. The fourth-order valence-corrected chi connectivity index (χ4v) is 2.63. The lowest BCUT2D eigenvalue weighted by molar-refractivity contribution is 0.0127. The first-order valence-corrected chi connectivity index (χ1v) is 8.92. The molecule has 9 nitrogen and oxygen atoms in total. The van der Waals surface area contributed by atoms with Gasteiger partial charge in [-0.05, 0) is 32.9 Å². The van der Waals surface area contributed by atoms with Crippen molar-refractivity contribution in [2.75, 3.05) is 13.1 Å². The second kappa shape index (κ2) is 8.77. The van der Waals surface area contributed by atoms with Gasteiger partial charge in [-0.2, -0.15) is 4.99 Å². The fourth-order valence-electron chi connectivity index (χ4n) is 2.63. The molecule has 1 fully saturated rings. The summed E-state index contributed by atoms with van der Waals surface area (Å²) in [6.07, 6.45) is 0.579. The molecule has 154 valence electrons. The minimum atomic E-state index is -0.613. The van der Waals surface area contributed by atoms with E-state index < -0.39 is 11.4 Å². The van der Waals surface area contributed by atoms with E-state index in [9.17, 15) is 9.18 Å². The van der Waals surface area contributed by atoms with Gasteiger partial charge in [0.15, 0.2) is 11.8 Å². The second-order valence-electron chi connectivity index (χ2n) is 7.38. The molecule has 1 aliphatic heterocycles. The summed E-state index contributed by atoms with van der Waals surface area (Å²) in [5.74, 6) is -0.953.